The molecule has 0 spiro atoms. The number of hydrogen-bond acceptors (Lipinski definition) is 2. The maximum Gasteiger partial charge on any atom is 0.115 e. The Hall–Kier alpha value is -0.920. The highest BCUT2D eigenvalue weighted by Gasteiger charge is 1.88. The number of methoxy groups -OCH3 is 1. The van der Waals surface area contributed by atoms with Gasteiger partial charge in [-0.1, -0.05) is 19.9 Å². The Kier molecular flexibility index (Phi) is 10.5. The number of hydrogen-bond donors (Lipinski definition) is 1. The fourth-order valence-electron chi connectivity index (χ4n) is 0.415. The lowest BCUT2D eigenvalue weighted by Crippen LogP contribution is -1.98. The zero-order valence-corrected chi connectivity index (χ0v) is 8.14. The van der Waals surface area contributed by atoms with Gasteiger partial charge in [0.15, 0.2) is 0 Å². The molecule has 0 amide bonds. The van der Waals surface area contributed by atoms with E-state index in [1.165, 1.54) is 0 Å². The Morgan fingerprint density at radius 3 is 2.09 bits per heavy atom. The summed E-state index contributed by atoms with van der Waals surface area (Å²) in [5, 5.41) is 0. The quantitative estimate of drug-likeness (QED) is 0.493. The van der Waals surface area contributed by atoms with Crippen molar-refractivity contribution < 1.29 is 4.74 Å². The molecule has 0 rings (SSSR count). The van der Waals surface area contributed by atoms with Gasteiger partial charge >= 0.3 is 0 Å². The van der Waals surface area contributed by atoms with E-state index in [1.807, 2.05) is 33.8 Å². The van der Waals surface area contributed by atoms with E-state index in [-0.39, 0.29) is 0 Å². The van der Waals surface area contributed by atoms with E-state index in [4.69, 9.17) is 10.5 Å². The summed E-state index contributed by atoms with van der Waals surface area (Å²) < 4.78 is 4.87. The Morgan fingerprint density at radius 1 is 1.36 bits per heavy atom. The van der Waals surface area contributed by atoms with E-state index in [0.29, 0.717) is 5.70 Å². The van der Waals surface area contributed by atoms with Gasteiger partial charge in [0.05, 0.1) is 12.8 Å². The molecule has 0 radical (unpaired) electrons. The van der Waals surface area contributed by atoms with Crippen molar-refractivity contribution in [1.29, 1.82) is 0 Å². The summed E-state index contributed by atoms with van der Waals surface area (Å²) in [7, 11) is 1.60. The molecule has 0 heterocycles. The first-order valence-electron chi connectivity index (χ1n) is 3.85. The maximum absolute atomic E-state index is 5.51. The van der Waals surface area contributed by atoms with Gasteiger partial charge in [-0.05, 0) is 19.9 Å². The van der Waals surface area contributed by atoms with E-state index in [1.54, 1.807) is 13.2 Å². The molecule has 0 atom stereocenters. The van der Waals surface area contributed by atoms with Crippen LogP contribution in [0.25, 0.3) is 0 Å². The van der Waals surface area contributed by atoms with Gasteiger partial charge in [0.2, 0.25) is 0 Å². The van der Waals surface area contributed by atoms with Gasteiger partial charge in [0.25, 0.3) is 0 Å². The highest BCUT2D eigenvalue weighted by molar-refractivity contribution is 5.16. The lowest BCUT2D eigenvalue weighted by Gasteiger charge is -1.99. The van der Waals surface area contributed by atoms with Crippen molar-refractivity contribution in [2.45, 2.75) is 27.7 Å². The molecule has 0 aliphatic carbocycles. The Bertz CT molecular complexity index is 136. The smallest absolute Gasteiger partial charge is 0.115 e. The van der Waals surface area contributed by atoms with Gasteiger partial charge in [-0.25, -0.2) is 0 Å². The van der Waals surface area contributed by atoms with Crippen LogP contribution in [0.3, 0.4) is 0 Å². The van der Waals surface area contributed by atoms with Gasteiger partial charge in [-0.2, -0.15) is 0 Å². The van der Waals surface area contributed by atoms with Gasteiger partial charge in [-0.3, -0.25) is 0 Å². The molecular weight excluding hydrogens is 138 g/mol. The lowest BCUT2D eigenvalue weighted by molar-refractivity contribution is 0.289. The van der Waals surface area contributed by atoms with Crippen LogP contribution < -0.4 is 5.73 Å². The molecular formula is C9H19NO. The Balaban J connectivity index is 0. The second-order valence-corrected chi connectivity index (χ2v) is 1.72. The topological polar surface area (TPSA) is 35.2 Å². The van der Waals surface area contributed by atoms with Crippen LogP contribution in [0.4, 0.5) is 0 Å². The lowest BCUT2D eigenvalue weighted by atomic mass is 10.3. The maximum atomic E-state index is 5.51. The summed E-state index contributed by atoms with van der Waals surface area (Å²) in [6, 6.07) is 0. The zero-order valence-electron chi connectivity index (χ0n) is 8.14. The molecule has 2 N–H and O–H groups in total. The standard InChI is InChI=1S/C7H13NO.C2H6/c1-4-5-7(8)6(2)9-3;1-2/h4-5H,8H2,1-3H3;1-2H3/b5-4-,7-6-;. The van der Waals surface area contributed by atoms with Crippen molar-refractivity contribution in [2.24, 2.45) is 5.73 Å². The SMILES string of the molecule is C/C=C\C(N)=C(/C)OC.CC. The third-order valence-electron chi connectivity index (χ3n) is 1.06. The average Bonchev–Trinajstić information content (AvgIpc) is 2.07. The van der Waals surface area contributed by atoms with Gasteiger partial charge < -0.3 is 10.5 Å². The summed E-state index contributed by atoms with van der Waals surface area (Å²) >= 11 is 0. The number of rotatable bonds is 2. The van der Waals surface area contributed by atoms with Crippen LogP contribution in [0.5, 0.6) is 0 Å². The van der Waals surface area contributed by atoms with Crippen molar-refractivity contribution in [3.63, 3.8) is 0 Å². The van der Waals surface area contributed by atoms with Crippen LogP contribution in [0.1, 0.15) is 27.7 Å². The average molecular weight is 157 g/mol. The zero-order chi connectivity index (χ0) is 9.28. The second-order valence-electron chi connectivity index (χ2n) is 1.72. The molecule has 2 nitrogen and oxygen atoms in total. The van der Waals surface area contributed by atoms with Crippen LogP contribution in [-0.2, 0) is 4.74 Å². The van der Waals surface area contributed by atoms with Crippen LogP contribution in [-0.4, -0.2) is 7.11 Å². The molecule has 0 unspecified atom stereocenters. The molecule has 0 aliphatic rings. The number of nitrogens with two attached hydrogens (primary N) is 1. The fourth-order valence-corrected chi connectivity index (χ4v) is 0.415. The van der Waals surface area contributed by atoms with Gasteiger partial charge in [0, 0.05) is 0 Å². The summed E-state index contributed by atoms with van der Waals surface area (Å²) in [6.45, 7) is 7.74. The predicted octanol–water partition coefficient (Wildman–Crippen LogP) is 2.43. The molecule has 2 heteroatoms. The molecule has 0 saturated carbocycles. The Labute approximate surface area is 69.7 Å². The van der Waals surface area contributed by atoms with Crippen molar-refractivity contribution in [2.75, 3.05) is 7.11 Å². The van der Waals surface area contributed by atoms with Crippen LogP contribution in [0, 0.1) is 0 Å². The van der Waals surface area contributed by atoms with Crippen LogP contribution >= 0.6 is 0 Å². The minimum atomic E-state index is 0.681. The second kappa shape index (κ2) is 9.08. The first kappa shape index (κ1) is 12.7. The van der Waals surface area contributed by atoms with Gasteiger partial charge in [0.1, 0.15) is 5.76 Å². The predicted molar refractivity (Wildman–Crippen MR) is 50.1 cm³/mol. The third-order valence-corrected chi connectivity index (χ3v) is 1.06. The molecule has 0 aliphatic heterocycles. The fraction of sp³-hybridized carbons (Fsp3) is 0.556. The van der Waals surface area contributed by atoms with Crippen molar-refractivity contribution >= 4 is 0 Å². The number of allylic oxidation sites excluding steroid dienone is 3. The largest absolute Gasteiger partial charge is 0.499 e. The molecule has 0 fully saturated rings. The van der Waals surface area contributed by atoms with E-state index in [2.05, 4.69) is 0 Å². The highest BCUT2D eigenvalue weighted by atomic mass is 16.5. The van der Waals surface area contributed by atoms with Crippen LogP contribution in [0.15, 0.2) is 23.6 Å². The van der Waals surface area contributed by atoms with E-state index in [0.717, 1.165) is 5.76 Å². The Morgan fingerprint density at radius 2 is 1.82 bits per heavy atom. The van der Waals surface area contributed by atoms with E-state index < -0.39 is 0 Å². The van der Waals surface area contributed by atoms with Gasteiger partial charge in [-0.15, -0.1) is 0 Å². The molecule has 0 aromatic rings. The minimum absolute atomic E-state index is 0.681. The first-order chi connectivity index (χ1) is 5.22. The monoisotopic (exact) mass is 157 g/mol. The van der Waals surface area contributed by atoms with Crippen molar-refractivity contribution in [3.8, 4) is 0 Å². The molecule has 0 saturated heterocycles. The third kappa shape index (κ3) is 6.97. The molecule has 0 bridgehead atoms. The molecule has 0 aromatic heterocycles. The first-order valence-corrected chi connectivity index (χ1v) is 3.85. The van der Waals surface area contributed by atoms with Crippen molar-refractivity contribution in [1.82, 2.24) is 0 Å². The minimum Gasteiger partial charge on any atom is -0.499 e. The van der Waals surface area contributed by atoms with E-state index >= 15 is 0 Å². The summed E-state index contributed by atoms with van der Waals surface area (Å²) in [6.07, 6.45) is 3.68. The molecule has 11 heavy (non-hydrogen) atoms. The van der Waals surface area contributed by atoms with Crippen molar-refractivity contribution in [3.05, 3.63) is 23.6 Å². The normalized spacial score (nSPS) is 11.7. The highest BCUT2D eigenvalue weighted by Crippen LogP contribution is 1.98. The van der Waals surface area contributed by atoms with Crippen LogP contribution in [0.2, 0.25) is 0 Å². The summed E-state index contributed by atoms with van der Waals surface area (Å²) in [5.74, 6) is 0.758. The summed E-state index contributed by atoms with van der Waals surface area (Å²) in [4.78, 5) is 0. The van der Waals surface area contributed by atoms with E-state index in [9.17, 15) is 0 Å². The summed E-state index contributed by atoms with van der Waals surface area (Å²) in [5.41, 5.74) is 6.19. The molecule has 66 valence electrons. The number of ether oxygens (including phenoxy) is 1. The molecule has 0 aromatic carbocycles.